The van der Waals surface area contributed by atoms with E-state index in [1.54, 1.807) is 0 Å². The molecule has 1 aromatic heterocycles. The summed E-state index contributed by atoms with van der Waals surface area (Å²) in [5, 5.41) is 16.2. The molecule has 0 unspecified atom stereocenters. The summed E-state index contributed by atoms with van der Waals surface area (Å²) in [6, 6.07) is 1.18. The zero-order chi connectivity index (χ0) is 12.8. The number of aryl methyl sites for hydroxylation is 1. The molecule has 1 aromatic rings. The van der Waals surface area contributed by atoms with E-state index in [-0.39, 0.29) is 24.5 Å². The molecule has 9 nitrogen and oxygen atoms in total. The van der Waals surface area contributed by atoms with Gasteiger partial charge in [0.05, 0.1) is 11.1 Å². The van der Waals surface area contributed by atoms with Gasteiger partial charge in [-0.15, -0.1) is 0 Å². The molecule has 0 spiro atoms. The van der Waals surface area contributed by atoms with Gasteiger partial charge in [0.1, 0.15) is 5.69 Å². The van der Waals surface area contributed by atoms with Gasteiger partial charge in [0.25, 0.3) is 11.6 Å². The molecule has 9 heteroatoms. The third-order valence-electron chi connectivity index (χ3n) is 1.99. The standard InChI is InChI=1S/C8H10N6O3/c1-13-5-6(14(16)17)4-7(13)8(15)10-2-3-11-12-9/h4-5H,2-3H2,1H3,(H,10,15). The van der Waals surface area contributed by atoms with Crippen molar-refractivity contribution < 1.29 is 9.72 Å². The Morgan fingerprint density at radius 3 is 3.00 bits per heavy atom. The van der Waals surface area contributed by atoms with Crippen LogP contribution < -0.4 is 5.32 Å². The van der Waals surface area contributed by atoms with Crippen LogP contribution in [-0.2, 0) is 7.05 Å². The van der Waals surface area contributed by atoms with Crippen molar-refractivity contribution in [1.29, 1.82) is 0 Å². The van der Waals surface area contributed by atoms with E-state index in [1.165, 1.54) is 23.9 Å². The van der Waals surface area contributed by atoms with Crippen molar-refractivity contribution in [3.05, 3.63) is 38.5 Å². The average molecular weight is 238 g/mol. The first-order valence-electron chi connectivity index (χ1n) is 4.66. The molecule has 0 aromatic carbocycles. The molecule has 0 saturated carbocycles. The summed E-state index contributed by atoms with van der Waals surface area (Å²) >= 11 is 0. The van der Waals surface area contributed by atoms with Crippen LogP contribution in [0.1, 0.15) is 10.5 Å². The summed E-state index contributed by atoms with van der Waals surface area (Å²) in [7, 11) is 1.54. The van der Waals surface area contributed by atoms with Gasteiger partial charge in [-0.3, -0.25) is 14.9 Å². The van der Waals surface area contributed by atoms with Crippen LogP contribution in [0.2, 0.25) is 0 Å². The van der Waals surface area contributed by atoms with Crippen LogP contribution in [-0.4, -0.2) is 28.5 Å². The monoisotopic (exact) mass is 238 g/mol. The van der Waals surface area contributed by atoms with Gasteiger partial charge < -0.3 is 9.88 Å². The molecule has 1 rings (SSSR count). The number of aromatic nitrogens is 1. The minimum atomic E-state index is -0.573. The lowest BCUT2D eigenvalue weighted by Crippen LogP contribution is -2.27. The normalized spacial score (nSPS) is 9.47. The van der Waals surface area contributed by atoms with Gasteiger partial charge in [-0.1, -0.05) is 5.11 Å². The molecule has 0 atom stereocenters. The molecule has 1 heterocycles. The van der Waals surface area contributed by atoms with Crippen LogP contribution in [0.4, 0.5) is 5.69 Å². The highest BCUT2D eigenvalue weighted by atomic mass is 16.6. The van der Waals surface area contributed by atoms with E-state index >= 15 is 0 Å². The third-order valence-corrected chi connectivity index (χ3v) is 1.99. The Bertz CT molecular complexity index is 487. The van der Waals surface area contributed by atoms with Gasteiger partial charge in [-0.05, 0) is 5.53 Å². The summed E-state index contributed by atoms with van der Waals surface area (Å²) in [5.41, 5.74) is 8.06. The van der Waals surface area contributed by atoms with E-state index in [0.717, 1.165) is 0 Å². The van der Waals surface area contributed by atoms with E-state index in [2.05, 4.69) is 15.3 Å². The molecule has 0 aliphatic carbocycles. The number of hydrogen-bond donors (Lipinski definition) is 1. The Morgan fingerprint density at radius 2 is 2.47 bits per heavy atom. The van der Waals surface area contributed by atoms with Crippen LogP contribution in [0.5, 0.6) is 0 Å². The molecule has 90 valence electrons. The summed E-state index contributed by atoms with van der Waals surface area (Å²) < 4.78 is 1.36. The number of nitrogens with one attached hydrogen (secondary N) is 1. The number of amides is 1. The molecule has 17 heavy (non-hydrogen) atoms. The van der Waals surface area contributed by atoms with Gasteiger partial charge >= 0.3 is 0 Å². The molecule has 0 fully saturated rings. The Morgan fingerprint density at radius 1 is 1.76 bits per heavy atom. The lowest BCUT2D eigenvalue weighted by Gasteiger charge is -2.02. The number of azide groups is 1. The number of nitro groups is 1. The summed E-state index contributed by atoms with van der Waals surface area (Å²) in [6.45, 7) is 0.316. The zero-order valence-corrected chi connectivity index (χ0v) is 9.03. The van der Waals surface area contributed by atoms with E-state index in [4.69, 9.17) is 5.53 Å². The number of nitrogens with zero attached hydrogens (tertiary/aromatic N) is 5. The van der Waals surface area contributed by atoms with Crippen LogP contribution >= 0.6 is 0 Å². The summed E-state index contributed by atoms with van der Waals surface area (Å²) in [5.74, 6) is -0.450. The quantitative estimate of drug-likeness (QED) is 0.205. The zero-order valence-electron chi connectivity index (χ0n) is 9.03. The number of carbonyl (C=O) groups excluding carboxylic acids is 1. The molecule has 0 aliphatic heterocycles. The molecule has 1 amide bonds. The van der Waals surface area contributed by atoms with Gasteiger partial charge in [-0.25, -0.2) is 0 Å². The maximum atomic E-state index is 11.6. The first-order valence-corrected chi connectivity index (χ1v) is 4.66. The maximum Gasteiger partial charge on any atom is 0.287 e. The summed E-state index contributed by atoms with van der Waals surface area (Å²) in [6.07, 6.45) is 1.25. The van der Waals surface area contributed by atoms with E-state index in [0.29, 0.717) is 0 Å². The summed E-state index contributed by atoms with van der Waals surface area (Å²) in [4.78, 5) is 24.0. The molecular formula is C8H10N6O3. The second-order valence-electron chi connectivity index (χ2n) is 3.16. The highest BCUT2D eigenvalue weighted by molar-refractivity contribution is 5.93. The van der Waals surface area contributed by atoms with Crippen molar-refractivity contribution in [2.45, 2.75) is 0 Å². The second-order valence-corrected chi connectivity index (χ2v) is 3.16. The SMILES string of the molecule is Cn1cc([N+](=O)[O-])cc1C(=O)NCCN=[N+]=[N-]. The fourth-order valence-electron chi connectivity index (χ4n) is 1.23. The van der Waals surface area contributed by atoms with E-state index in [1.807, 2.05) is 0 Å². The minimum Gasteiger partial charge on any atom is -0.351 e. The van der Waals surface area contributed by atoms with Crippen molar-refractivity contribution in [1.82, 2.24) is 9.88 Å². The predicted octanol–water partition coefficient (Wildman–Crippen LogP) is 0.973. The van der Waals surface area contributed by atoms with Gasteiger partial charge in [0.15, 0.2) is 0 Å². The Hall–Kier alpha value is -2.54. The fourth-order valence-corrected chi connectivity index (χ4v) is 1.23. The largest absolute Gasteiger partial charge is 0.351 e. The third kappa shape index (κ3) is 3.21. The first-order chi connectivity index (χ1) is 8.06. The van der Waals surface area contributed by atoms with E-state index in [9.17, 15) is 14.9 Å². The molecule has 0 aliphatic rings. The molecular weight excluding hydrogens is 228 g/mol. The highest BCUT2D eigenvalue weighted by Crippen LogP contribution is 2.14. The van der Waals surface area contributed by atoms with Crippen LogP contribution in [0, 0.1) is 10.1 Å². The van der Waals surface area contributed by atoms with Crippen molar-refractivity contribution in [3.63, 3.8) is 0 Å². The van der Waals surface area contributed by atoms with Crippen LogP contribution in [0.15, 0.2) is 17.4 Å². The van der Waals surface area contributed by atoms with Crippen molar-refractivity contribution in [3.8, 4) is 0 Å². The van der Waals surface area contributed by atoms with Crippen molar-refractivity contribution >= 4 is 11.6 Å². The number of hydrogen-bond acceptors (Lipinski definition) is 4. The molecule has 0 bridgehead atoms. The molecule has 1 N–H and O–H groups in total. The molecule has 0 saturated heterocycles. The fraction of sp³-hybridized carbons (Fsp3) is 0.375. The van der Waals surface area contributed by atoms with Crippen molar-refractivity contribution in [2.75, 3.05) is 13.1 Å². The number of rotatable bonds is 5. The topological polar surface area (TPSA) is 126 Å². The Labute approximate surface area is 95.8 Å². The second kappa shape index (κ2) is 5.52. The van der Waals surface area contributed by atoms with Gasteiger partial charge in [0, 0.05) is 31.1 Å². The Kier molecular flexibility index (Phi) is 4.07. The van der Waals surface area contributed by atoms with Gasteiger partial charge in [-0.2, -0.15) is 0 Å². The highest BCUT2D eigenvalue weighted by Gasteiger charge is 2.16. The van der Waals surface area contributed by atoms with Crippen molar-refractivity contribution in [2.24, 2.45) is 12.2 Å². The lowest BCUT2D eigenvalue weighted by molar-refractivity contribution is -0.384. The lowest BCUT2D eigenvalue weighted by atomic mass is 10.4. The maximum absolute atomic E-state index is 11.6. The smallest absolute Gasteiger partial charge is 0.287 e. The van der Waals surface area contributed by atoms with Crippen LogP contribution in [0.25, 0.3) is 10.4 Å². The average Bonchev–Trinajstić information content (AvgIpc) is 2.67. The van der Waals surface area contributed by atoms with Crippen LogP contribution in [0.3, 0.4) is 0 Å². The number of carbonyl (C=O) groups is 1. The van der Waals surface area contributed by atoms with Gasteiger partial charge in [0.2, 0.25) is 0 Å². The van der Waals surface area contributed by atoms with E-state index < -0.39 is 10.8 Å². The predicted molar refractivity (Wildman–Crippen MR) is 58.4 cm³/mol. The minimum absolute atomic E-state index is 0.134. The Balaban J connectivity index is 2.68. The first kappa shape index (κ1) is 12.5. The molecule has 0 radical (unpaired) electrons.